The zero-order chi connectivity index (χ0) is 18.7. The van der Waals surface area contributed by atoms with Gasteiger partial charge in [0.2, 0.25) is 0 Å². The topological polar surface area (TPSA) is 74.8 Å². The molecule has 0 saturated carbocycles. The summed E-state index contributed by atoms with van der Waals surface area (Å²) in [6.45, 7) is 5.97. The number of hydrogen-bond donors (Lipinski definition) is 1. The van der Waals surface area contributed by atoms with E-state index in [1.165, 1.54) is 0 Å². The first kappa shape index (κ1) is 17.8. The van der Waals surface area contributed by atoms with E-state index < -0.39 is 0 Å². The summed E-state index contributed by atoms with van der Waals surface area (Å²) in [7, 11) is 1.77. The van der Waals surface area contributed by atoms with Crippen LogP contribution in [0.1, 0.15) is 54.7 Å². The smallest absolute Gasteiger partial charge is 0.272 e. The van der Waals surface area contributed by atoms with Crippen LogP contribution in [0.3, 0.4) is 0 Å². The first-order valence-corrected chi connectivity index (χ1v) is 8.68. The summed E-state index contributed by atoms with van der Waals surface area (Å²) in [4.78, 5) is 23.1. The van der Waals surface area contributed by atoms with Crippen molar-refractivity contribution in [2.75, 3.05) is 7.05 Å². The predicted octanol–water partition coefficient (Wildman–Crippen LogP) is 3.82. The fraction of sp³-hybridized carbons (Fsp3) is 0.300. The molecule has 26 heavy (non-hydrogen) atoms. The first-order chi connectivity index (χ1) is 12.5. The number of hydrogen-bond acceptors (Lipinski definition) is 4. The van der Waals surface area contributed by atoms with Crippen LogP contribution in [0.5, 0.6) is 0 Å². The lowest BCUT2D eigenvalue weighted by atomic mass is 10.1. The molecule has 2 heterocycles. The van der Waals surface area contributed by atoms with Crippen molar-refractivity contribution in [1.29, 1.82) is 0 Å². The van der Waals surface area contributed by atoms with E-state index in [0.29, 0.717) is 11.5 Å². The summed E-state index contributed by atoms with van der Waals surface area (Å²) in [5, 5.41) is 7.41. The number of nitrogens with one attached hydrogen (secondary N) is 1. The molecule has 1 N–H and O–H groups in total. The second kappa shape index (κ2) is 7.47. The Hall–Kier alpha value is -3.02. The van der Waals surface area contributed by atoms with E-state index in [4.69, 9.17) is 0 Å². The summed E-state index contributed by atoms with van der Waals surface area (Å²) < 4.78 is 0. The number of aromatic amines is 1. The van der Waals surface area contributed by atoms with Gasteiger partial charge in [-0.05, 0) is 19.1 Å². The lowest BCUT2D eigenvalue weighted by Gasteiger charge is -2.23. The van der Waals surface area contributed by atoms with Crippen LogP contribution < -0.4 is 0 Å². The van der Waals surface area contributed by atoms with Crippen molar-refractivity contribution in [3.05, 3.63) is 65.9 Å². The van der Waals surface area contributed by atoms with Crippen molar-refractivity contribution in [1.82, 2.24) is 25.1 Å². The molecule has 0 aliphatic carbocycles. The van der Waals surface area contributed by atoms with Crippen molar-refractivity contribution in [2.24, 2.45) is 0 Å². The minimum atomic E-state index is -0.162. The number of H-pyrrole nitrogens is 1. The Morgan fingerprint density at radius 1 is 1.12 bits per heavy atom. The third-order valence-corrected chi connectivity index (χ3v) is 4.43. The summed E-state index contributed by atoms with van der Waals surface area (Å²) in [5.41, 5.74) is 3.17. The Balaban J connectivity index is 1.79. The van der Waals surface area contributed by atoms with Crippen LogP contribution in [0, 0.1) is 0 Å². The highest BCUT2D eigenvalue weighted by Gasteiger charge is 2.22. The third kappa shape index (κ3) is 3.64. The first-order valence-electron chi connectivity index (χ1n) is 8.68. The molecule has 0 saturated heterocycles. The summed E-state index contributed by atoms with van der Waals surface area (Å²) >= 11 is 0. The van der Waals surface area contributed by atoms with Gasteiger partial charge in [0.15, 0.2) is 0 Å². The van der Waals surface area contributed by atoms with Gasteiger partial charge in [-0.3, -0.25) is 9.89 Å². The molecule has 3 rings (SSSR count). The molecule has 2 aromatic heterocycles. The number of nitrogens with zero attached hydrogens (tertiary/aromatic N) is 4. The molecule has 0 radical (unpaired) electrons. The van der Waals surface area contributed by atoms with Crippen molar-refractivity contribution in [3.8, 4) is 11.3 Å². The monoisotopic (exact) mass is 349 g/mol. The Morgan fingerprint density at radius 3 is 2.54 bits per heavy atom. The van der Waals surface area contributed by atoms with E-state index in [2.05, 4.69) is 20.2 Å². The fourth-order valence-electron chi connectivity index (χ4n) is 2.64. The SMILES string of the molecule is CC(C)c1nccc(C(=O)N(C)[C@@H](C)c2cc(-c3ccccc3)n[nH]2)n1. The van der Waals surface area contributed by atoms with Gasteiger partial charge in [-0.15, -0.1) is 0 Å². The van der Waals surface area contributed by atoms with Crippen LogP contribution in [0.4, 0.5) is 0 Å². The third-order valence-electron chi connectivity index (χ3n) is 4.43. The van der Waals surface area contributed by atoms with Crippen LogP contribution in [-0.4, -0.2) is 38.0 Å². The van der Waals surface area contributed by atoms with Crippen LogP contribution in [0.25, 0.3) is 11.3 Å². The maximum Gasteiger partial charge on any atom is 0.272 e. The van der Waals surface area contributed by atoms with E-state index >= 15 is 0 Å². The summed E-state index contributed by atoms with van der Waals surface area (Å²) in [6, 6.07) is 13.4. The molecule has 3 aromatic rings. The molecule has 1 amide bonds. The van der Waals surface area contributed by atoms with Crippen LogP contribution in [0.15, 0.2) is 48.7 Å². The van der Waals surface area contributed by atoms with Crippen LogP contribution in [-0.2, 0) is 0 Å². The Labute approximate surface area is 153 Å². The Kier molecular flexibility index (Phi) is 5.11. The Bertz CT molecular complexity index is 888. The van der Waals surface area contributed by atoms with E-state index in [0.717, 1.165) is 17.0 Å². The van der Waals surface area contributed by atoms with Gasteiger partial charge >= 0.3 is 0 Å². The van der Waals surface area contributed by atoms with Gasteiger partial charge in [0.25, 0.3) is 5.91 Å². The maximum absolute atomic E-state index is 12.8. The van der Waals surface area contributed by atoms with Crippen molar-refractivity contribution in [3.63, 3.8) is 0 Å². The van der Waals surface area contributed by atoms with Crippen molar-refractivity contribution < 1.29 is 4.79 Å². The van der Waals surface area contributed by atoms with Crippen molar-refractivity contribution in [2.45, 2.75) is 32.7 Å². The van der Waals surface area contributed by atoms with E-state index in [9.17, 15) is 4.79 Å². The summed E-state index contributed by atoms with van der Waals surface area (Å²) in [5.74, 6) is 0.703. The second-order valence-electron chi connectivity index (χ2n) is 6.62. The average Bonchev–Trinajstić information content (AvgIpc) is 3.17. The highest BCUT2D eigenvalue weighted by molar-refractivity contribution is 5.92. The average molecular weight is 349 g/mol. The number of carbonyl (C=O) groups is 1. The van der Waals surface area contributed by atoms with Gasteiger partial charge in [-0.2, -0.15) is 5.10 Å². The van der Waals surface area contributed by atoms with Crippen LogP contribution in [0.2, 0.25) is 0 Å². The zero-order valence-electron chi connectivity index (χ0n) is 15.5. The van der Waals surface area contributed by atoms with E-state index in [1.54, 1.807) is 24.2 Å². The molecule has 0 unspecified atom stereocenters. The largest absolute Gasteiger partial charge is 0.332 e. The normalized spacial score (nSPS) is 12.2. The molecule has 6 nitrogen and oxygen atoms in total. The Morgan fingerprint density at radius 2 is 1.85 bits per heavy atom. The number of aromatic nitrogens is 4. The molecule has 1 aromatic carbocycles. The van der Waals surface area contributed by atoms with E-state index in [-0.39, 0.29) is 17.9 Å². The lowest BCUT2D eigenvalue weighted by Crippen LogP contribution is -2.30. The number of benzene rings is 1. The van der Waals surface area contributed by atoms with Crippen LogP contribution >= 0.6 is 0 Å². The molecule has 1 atom stereocenters. The molecule has 0 spiro atoms. The minimum Gasteiger partial charge on any atom is -0.332 e. The quantitative estimate of drug-likeness (QED) is 0.760. The minimum absolute atomic E-state index is 0.141. The standard InChI is InChI=1S/C20H23N5O/c1-13(2)19-21-11-10-16(22-19)20(26)25(4)14(3)17-12-18(24-23-17)15-8-6-5-7-9-15/h5-14H,1-4H3,(H,23,24)/t14-/m0/s1. The molecule has 6 heteroatoms. The lowest BCUT2D eigenvalue weighted by molar-refractivity contribution is 0.0733. The fourth-order valence-corrected chi connectivity index (χ4v) is 2.64. The predicted molar refractivity (Wildman–Crippen MR) is 101 cm³/mol. The van der Waals surface area contributed by atoms with Gasteiger partial charge in [-0.25, -0.2) is 9.97 Å². The maximum atomic E-state index is 12.8. The highest BCUT2D eigenvalue weighted by atomic mass is 16.2. The summed E-state index contributed by atoms with van der Waals surface area (Å²) in [6.07, 6.45) is 1.64. The molecule has 0 fully saturated rings. The molecular weight excluding hydrogens is 326 g/mol. The molecule has 134 valence electrons. The van der Waals surface area contributed by atoms with Gasteiger partial charge in [0.1, 0.15) is 11.5 Å². The molecule has 0 aliphatic rings. The van der Waals surface area contributed by atoms with Gasteiger partial charge in [0.05, 0.1) is 17.4 Å². The number of amides is 1. The second-order valence-corrected chi connectivity index (χ2v) is 6.62. The van der Waals surface area contributed by atoms with Crippen molar-refractivity contribution >= 4 is 5.91 Å². The van der Waals surface area contributed by atoms with Gasteiger partial charge < -0.3 is 4.90 Å². The van der Waals surface area contributed by atoms with Gasteiger partial charge in [0, 0.05) is 24.7 Å². The molecule has 0 aliphatic heterocycles. The number of carbonyl (C=O) groups excluding carboxylic acids is 1. The molecular formula is C20H23N5O. The zero-order valence-corrected chi connectivity index (χ0v) is 15.5. The van der Waals surface area contributed by atoms with E-state index in [1.807, 2.05) is 57.2 Å². The highest BCUT2D eigenvalue weighted by Crippen LogP contribution is 2.24. The molecule has 0 bridgehead atoms. The number of rotatable bonds is 5. The van der Waals surface area contributed by atoms with Gasteiger partial charge in [-0.1, -0.05) is 44.2 Å².